The largest absolute Gasteiger partial charge is 0.369 e. The first-order chi connectivity index (χ1) is 9.70. The van der Waals surface area contributed by atoms with E-state index in [-0.39, 0.29) is 11.8 Å². The molecule has 0 spiro atoms. The highest BCUT2D eigenvalue weighted by atomic mass is 32.1. The molecule has 1 aliphatic rings. The Kier molecular flexibility index (Phi) is 3.62. The van der Waals surface area contributed by atoms with Crippen molar-refractivity contribution in [3.63, 3.8) is 0 Å². The standard InChI is InChI=1S/C13H19N5OS/c1-2-15-7-10-12(16-13-18(10)5-6-20-13)17-4-3-9(8-17)11(14)19/h5-6,9,15H,2-4,7-8H2,1H3,(H2,14,19). The third-order valence-electron chi connectivity index (χ3n) is 3.77. The first kappa shape index (κ1) is 13.4. The predicted molar refractivity (Wildman–Crippen MR) is 80.0 cm³/mol. The topological polar surface area (TPSA) is 75.7 Å². The number of aromatic nitrogens is 2. The number of carbonyl (C=O) groups excluding carboxylic acids is 1. The highest BCUT2D eigenvalue weighted by Gasteiger charge is 2.30. The molecule has 20 heavy (non-hydrogen) atoms. The Morgan fingerprint density at radius 3 is 3.20 bits per heavy atom. The van der Waals surface area contributed by atoms with Gasteiger partial charge in [0.2, 0.25) is 5.91 Å². The Balaban J connectivity index is 1.90. The van der Waals surface area contributed by atoms with Crippen LogP contribution in [0, 0.1) is 5.92 Å². The van der Waals surface area contributed by atoms with Crippen molar-refractivity contribution in [2.75, 3.05) is 24.5 Å². The fraction of sp³-hybridized carbons (Fsp3) is 0.538. The lowest BCUT2D eigenvalue weighted by Gasteiger charge is -2.17. The number of nitrogens with one attached hydrogen (secondary N) is 1. The van der Waals surface area contributed by atoms with Gasteiger partial charge in [-0.2, -0.15) is 0 Å². The molecule has 0 saturated carbocycles. The Morgan fingerprint density at radius 1 is 1.65 bits per heavy atom. The van der Waals surface area contributed by atoms with E-state index in [9.17, 15) is 4.79 Å². The average Bonchev–Trinajstić information content (AvgIpc) is 3.11. The number of fused-ring (bicyclic) bond motifs is 1. The molecule has 0 aliphatic carbocycles. The Bertz CT molecular complexity index is 619. The Morgan fingerprint density at radius 2 is 2.50 bits per heavy atom. The number of rotatable bonds is 5. The molecule has 0 radical (unpaired) electrons. The molecule has 6 nitrogen and oxygen atoms in total. The number of nitrogens with zero attached hydrogens (tertiary/aromatic N) is 3. The van der Waals surface area contributed by atoms with Gasteiger partial charge in [-0.3, -0.25) is 9.20 Å². The SMILES string of the molecule is CCNCc1c(N2CCC(C(N)=O)C2)nc2sccn12. The maximum Gasteiger partial charge on any atom is 0.222 e. The van der Waals surface area contributed by atoms with Crippen LogP contribution in [0.15, 0.2) is 11.6 Å². The van der Waals surface area contributed by atoms with Crippen molar-refractivity contribution < 1.29 is 4.79 Å². The van der Waals surface area contributed by atoms with Crippen molar-refractivity contribution >= 4 is 28.0 Å². The fourth-order valence-corrected chi connectivity index (χ4v) is 3.40. The van der Waals surface area contributed by atoms with E-state index in [2.05, 4.69) is 21.5 Å². The van der Waals surface area contributed by atoms with Gasteiger partial charge in [-0.25, -0.2) is 4.98 Å². The molecular weight excluding hydrogens is 274 g/mol. The molecule has 3 N–H and O–H groups in total. The van der Waals surface area contributed by atoms with Gasteiger partial charge in [0, 0.05) is 31.2 Å². The maximum atomic E-state index is 11.3. The first-order valence-corrected chi connectivity index (χ1v) is 7.78. The van der Waals surface area contributed by atoms with E-state index in [4.69, 9.17) is 10.7 Å². The maximum absolute atomic E-state index is 11.3. The number of carbonyl (C=O) groups is 1. The molecule has 1 unspecified atom stereocenters. The summed E-state index contributed by atoms with van der Waals surface area (Å²) >= 11 is 1.63. The molecule has 1 atom stereocenters. The molecule has 3 rings (SSSR count). The van der Waals surface area contributed by atoms with Crippen LogP contribution in [0.2, 0.25) is 0 Å². The summed E-state index contributed by atoms with van der Waals surface area (Å²) in [7, 11) is 0. The van der Waals surface area contributed by atoms with E-state index in [1.807, 2.05) is 11.6 Å². The summed E-state index contributed by atoms with van der Waals surface area (Å²) in [5.41, 5.74) is 6.57. The van der Waals surface area contributed by atoms with Crippen molar-refractivity contribution in [2.45, 2.75) is 19.9 Å². The van der Waals surface area contributed by atoms with Crippen LogP contribution in [0.25, 0.3) is 4.96 Å². The van der Waals surface area contributed by atoms with Gasteiger partial charge >= 0.3 is 0 Å². The van der Waals surface area contributed by atoms with Gasteiger partial charge in [0.15, 0.2) is 10.8 Å². The number of primary amides is 1. The van der Waals surface area contributed by atoms with E-state index in [1.165, 1.54) is 0 Å². The third-order valence-corrected chi connectivity index (χ3v) is 4.53. The summed E-state index contributed by atoms with van der Waals surface area (Å²) in [6, 6.07) is 0. The van der Waals surface area contributed by atoms with Gasteiger partial charge in [-0.05, 0) is 13.0 Å². The Labute approximate surface area is 121 Å². The van der Waals surface area contributed by atoms with Crippen molar-refractivity contribution in [1.29, 1.82) is 0 Å². The molecule has 1 saturated heterocycles. The molecule has 2 aromatic heterocycles. The van der Waals surface area contributed by atoms with Crippen LogP contribution in [-0.4, -0.2) is 34.9 Å². The summed E-state index contributed by atoms with van der Waals surface area (Å²) in [6.07, 6.45) is 2.87. The van der Waals surface area contributed by atoms with Crippen LogP contribution >= 0.6 is 11.3 Å². The molecule has 2 aromatic rings. The molecule has 1 amide bonds. The van der Waals surface area contributed by atoms with Gasteiger partial charge < -0.3 is 16.0 Å². The van der Waals surface area contributed by atoms with Crippen LogP contribution < -0.4 is 16.0 Å². The molecule has 108 valence electrons. The summed E-state index contributed by atoms with van der Waals surface area (Å²) in [6.45, 7) is 5.31. The number of anilines is 1. The number of hydrogen-bond donors (Lipinski definition) is 2. The predicted octanol–water partition coefficient (Wildman–Crippen LogP) is 0.817. The smallest absolute Gasteiger partial charge is 0.222 e. The number of imidazole rings is 1. The Hall–Kier alpha value is -1.60. The second-order valence-electron chi connectivity index (χ2n) is 5.05. The highest BCUT2D eigenvalue weighted by Crippen LogP contribution is 2.29. The quantitative estimate of drug-likeness (QED) is 0.855. The summed E-state index contributed by atoms with van der Waals surface area (Å²) < 4.78 is 2.13. The van der Waals surface area contributed by atoms with Gasteiger partial charge in [0.1, 0.15) is 0 Å². The molecule has 0 aromatic carbocycles. The molecular formula is C13H19N5OS. The normalized spacial score (nSPS) is 19.1. The fourth-order valence-electron chi connectivity index (χ4n) is 2.67. The van der Waals surface area contributed by atoms with E-state index < -0.39 is 0 Å². The number of hydrogen-bond acceptors (Lipinski definition) is 5. The van der Waals surface area contributed by atoms with Crippen LogP contribution in [0.4, 0.5) is 5.82 Å². The molecule has 1 fully saturated rings. The lowest BCUT2D eigenvalue weighted by atomic mass is 10.1. The second kappa shape index (κ2) is 5.41. The van der Waals surface area contributed by atoms with Crippen LogP contribution in [0.1, 0.15) is 19.0 Å². The summed E-state index contributed by atoms with van der Waals surface area (Å²) in [4.78, 5) is 19.2. The van der Waals surface area contributed by atoms with Crippen LogP contribution in [0.5, 0.6) is 0 Å². The number of amides is 1. The zero-order valence-electron chi connectivity index (χ0n) is 11.5. The monoisotopic (exact) mass is 293 g/mol. The highest BCUT2D eigenvalue weighted by molar-refractivity contribution is 7.15. The summed E-state index contributed by atoms with van der Waals surface area (Å²) in [5.74, 6) is 0.727. The lowest BCUT2D eigenvalue weighted by Crippen LogP contribution is -2.28. The first-order valence-electron chi connectivity index (χ1n) is 6.90. The number of thiazole rings is 1. The van der Waals surface area contributed by atoms with Crippen molar-refractivity contribution in [1.82, 2.24) is 14.7 Å². The van der Waals surface area contributed by atoms with Gasteiger partial charge in [-0.1, -0.05) is 6.92 Å². The van der Waals surface area contributed by atoms with Crippen LogP contribution in [-0.2, 0) is 11.3 Å². The minimum absolute atomic E-state index is 0.0540. The van der Waals surface area contributed by atoms with Crippen molar-refractivity contribution in [3.05, 3.63) is 17.3 Å². The molecule has 3 heterocycles. The third kappa shape index (κ3) is 2.27. The van der Waals surface area contributed by atoms with Crippen molar-refractivity contribution in [3.8, 4) is 0 Å². The van der Waals surface area contributed by atoms with Gasteiger partial charge in [0.05, 0.1) is 11.6 Å². The zero-order chi connectivity index (χ0) is 14.1. The molecule has 1 aliphatic heterocycles. The summed E-state index contributed by atoms with van der Waals surface area (Å²) in [5, 5.41) is 5.40. The van der Waals surface area contributed by atoms with E-state index >= 15 is 0 Å². The average molecular weight is 293 g/mol. The minimum Gasteiger partial charge on any atom is -0.369 e. The zero-order valence-corrected chi connectivity index (χ0v) is 12.3. The minimum atomic E-state index is -0.207. The van der Waals surface area contributed by atoms with Gasteiger partial charge in [-0.15, -0.1) is 11.3 Å². The van der Waals surface area contributed by atoms with E-state index in [0.717, 1.165) is 42.5 Å². The van der Waals surface area contributed by atoms with Gasteiger partial charge in [0.25, 0.3) is 0 Å². The molecule has 7 heteroatoms. The van der Waals surface area contributed by atoms with Crippen LogP contribution in [0.3, 0.4) is 0 Å². The van der Waals surface area contributed by atoms with E-state index in [0.29, 0.717) is 6.54 Å². The molecule has 0 bridgehead atoms. The van der Waals surface area contributed by atoms with E-state index in [1.54, 1.807) is 11.3 Å². The number of nitrogens with two attached hydrogens (primary N) is 1. The lowest BCUT2D eigenvalue weighted by molar-refractivity contribution is -0.121. The van der Waals surface area contributed by atoms with Crippen molar-refractivity contribution in [2.24, 2.45) is 11.7 Å². The second-order valence-corrected chi connectivity index (χ2v) is 5.93.